The van der Waals surface area contributed by atoms with Gasteiger partial charge in [-0.1, -0.05) is 48.0 Å². The Kier molecular flexibility index (Phi) is 9.44. The largest absolute Gasteiger partial charge is 0.491 e. The van der Waals surface area contributed by atoms with Crippen LogP contribution in [0.25, 0.3) is 0 Å². The molecule has 0 radical (unpaired) electrons. The van der Waals surface area contributed by atoms with Crippen LogP contribution < -0.4 is 4.74 Å². The van der Waals surface area contributed by atoms with Crippen molar-refractivity contribution in [3.05, 3.63) is 63.6 Å². The van der Waals surface area contributed by atoms with Gasteiger partial charge in [0.2, 0.25) is 0 Å². The van der Waals surface area contributed by atoms with Gasteiger partial charge in [-0.05, 0) is 53.8 Å². The van der Waals surface area contributed by atoms with E-state index >= 15 is 0 Å². The number of benzene rings is 2. The summed E-state index contributed by atoms with van der Waals surface area (Å²) in [7, 11) is 0. The smallest absolute Gasteiger partial charge is 0.119 e. The quantitative estimate of drug-likeness (QED) is 0.592. The lowest BCUT2D eigenvalue weighted by Crippen LogP contribution is -2.43. The number of ether oxygens (including phenoxy) is 2. The van der Waals surface area contributed by atoms with Gasteiger partial charge in [-0.3, -0.25) is 4.90 Å². The van der Waals surface area contributed by atoms with Gasteiger partial charge in [0, 0.05) is 24.1 Å². The number of aryl methyl sites for hydroxylation is 1. The Labute approximate surface area is 188 Å². The lowest BCUT2D eigenvalue weighted by atomic mass is 9.98. The molecule has 0 aliphatic carbocycles. The van der Waals surface area contributed by atoms with E-state index in [4.69, 9.17) is 9.47 Å². The average molecular weight is 485 g/mol. The van der Waals surface area contributed by atoms with Crippen LogP contribution in [0.15, 0.2) is 46.9 Å². The van der Waals surface area contributed by atoms with Crippen LogP contribution in [0.4, 0.5) is 0 Å². The van der Waals surface area contributed by atoms with Gasteiger partial charge in [-0.15, -0.1) is 12.4 Å². The van der Waals surface area contributed by atoms with Crippen LogP contribution in [0.2, 0.25) is 0 Å². The molecule has 1 saturated heterocycles. The summed E-state index contributed by atoms with van der Waals surface area (Å²) in [6, 6.07) is 14.4. The number of hydrogen-bond donors (Lipinski definition) is 1. The van der Waals surface area contributed by atoms with Crippen LogP contribution in [0.5, 0.6) is 5.75 Å². The Morgan fingerprint density at radius 1 is 1.21 bits per heavy atom. The zero-order chi connectivity index (χ0) is 20.1. The molecule has 1 aliphatic heterocycles. The molecule has 0 spiro atoms. The Bertz CT molecular complexity index is 769. The summed E-state index contributed by atoms with van der Waals surface area (Å²) >= 11 is 3.47. The minimum atomic E-state index is -0.534. The highest BCUT2D eigenvalue weighted by atomic mass is 79.9. The van der Waals surface area contributed by atoms with Crippen LogP contribution in [-0.4, -0.2) is 49.0 Å². The minimum absolute atomic E-state index is 0. The van der Waals surface area contributed by atoms with Crippen molar-refractivity contribution in [3.8, 4) is 5.75 Å². The molecule has 2 aromatic rings. The van der Waals surface area contributed by atoms with E-state index < -0.39 is 6.10 Å². The third-order valence-corrected chi connectivity index (χ3v) is 5.70. The zero-order valence-electron chi connectivity index (χ0n) is 17.3. The predicted molar refractivity (Wildman–Crippen MR) is 123 cm³/mol. The molecule has 6 heteroatoms. The second kappa shape index (κ2) is 11.3. The Morgan fingerprint density at radius 3 is 2.59 bits per heavy atom. The SMILES string of the molecule is Cc1cc(OCC(O)CN2CCOC(c3ccc(Br)cc3)C2)ccc1C(C)C.Cl. The maximum absolute atomic E-state index is 10.5. The van der Waals surface area contributed by atoms with Crippen LogP contribution in [-0.2, 0) is 4.74 Å². The first-order valence-corrected chi connectivity index (χ1v) is 10.7. The monoisotopic (exact) mass is 483 g/mol. The summed E-state index contributed by atoms with van der Waals surface area (Å²) in [5, 5.41) is 10.5. The van der Waals surface area contributed by atoms with Crippen LogP contribution in [0, 0.1) is 6.92 Å². The van der Waals surface area contributed by atoms with E-state index in [0.29, 0.717) is 25.7 Å². The third-order valence-electron chi connectivity index (χ3n) is 5.17. The van der Waals surface area contributed by atoms with Gasteiger partial charge in [-0.25, -0.2) is 0 Å². The molecule has 0 bridgehead atoms. The first-order valence-electron chi connectivity index (χ1n) is 9.93. The summed E-state index contributed by atoms with van der Waals surface area (Å²) < 4.78 is 12.8. The second-order valence-electron chi connectivity index (χ2n) is 7.81. The molecule has 2 atom stereocenters. The lowest BCUT2D eigenvalue weighted by Gasteiger charge is -2.34. The van der Waals surface area contributed by atoms with Crippen molar-refractivity contribution >= 4 is 28.3 Å². The number of morpholine rings is 1. The zero-order valence-corrected chi connectivity index (χ0v) is 19.7. The van der Waals surface area contributed by atoms with E-state index in [2.05, 4.69) is 65.9 Å². The molecule has 160 valence electrons. The standard InChI is InChI=1S/C23H30BrNO3.ClH/c1-16(2)22-9-8-21(12-17(22)3)28-15-20(26)13-25-10-11-27-23(14-25)18-4-6-19(24)7-5-18;/h4-9,12,16,20,23,26H,10-11,13-15H2,1-3H3;1H. The van der Waals surface area contributed by atoms with Crippen molar-refractivity contribution in [2.75, 3.05) is 32.8 Å². The molecule has 3 rings (SSSR count). The van der Waals surface area contributed by atoms with E-state index in [9.17, 15) is 5.11 Å². The van der Waals surface area contributed by atoms with E-state index in [0.717, 1.165) is 23.3 Å². The van der Waals surface area contributed by atoms with E-state index in [1.807, 2.05) is 18.2 Å². The van der Waals surface area contributed by atoms with Gasteiger partial charge < -0.3 is 14.6 Å². The van der Waals surface area contributed by atoms with Crippen LogP contribution in [0.1, 0.15) is 42.6 Å². The number of β-amino-alcohol motifs (C(OH)–C–C–N with tert-alkyl or cyclic N) is 1. The molecule has 4 nitrogen and oxygen atoms in total. The number of rotatable bonds is 7. The van der Waals surface area contributed by atoms with E-state index in [1.165, 1.54) is 16.7 Å². The summed E-state index contributed by atoms with van der Waals surface area (Å²) in [5.41, 5.74) is 3.73. The summed E-state index contributed by atoms with van der Waals surface area (Å²) in [5.74, 6) is 1.32. The number of nitrogens with zero attached hydrogens (tertiary/aromatic N) is 1. The Morgan fingerprint density at radius 2 is 1.93 bits per heavy atom. The Balaban J connectivity index is 0.00000300. The second-order valence-corrected chi connectivity index (χ2v) is 8.72. The van der Waals surface area contributed by atoms with Crippen molar-refractivity contribution in [2.24, 2.45) is 0 Å². The number of halogens is 2. The molecular weight excluding hydrogens is 454 g/mol. The van der Waals surface area contributed by atoms with Gasteiger partial charge in [0.05, 0.1) is 12.7 Å². The molecule has 1 fully saturated rings. The fourth-order valence-electron chi connectivity index (χ4n) is 3.68. The van der Waals surface area contributed by atoms with Crippen molar-refractivity contribution in [3.63, 3.8) is 0 Å². The lowest BCUT2D eigenvalue weighted by molar-refractivity contribution is -0.0459. The highest BCUT2D eigenvalue weighted by Gasteiger charge is 2.23. The first-order chi connectivity index (χ1) is 13.4. The number of hydrogen-bond acceptors (Lipinski definition) is 4. The molecule has 0 aromatic heterocycles. The summed E-state index contributed by atoms with van der Waals surface area (Å²) in [6.07, 6.45) is -0.491. The fraction of sp³-hybridized carbons (Fsp3) is 0.478. The molecule has 1 heterocycles. The highest BCUT2D eigenvalue weighted by molar-refractivity contribution is 9.10. The van der Waals surface area contributed by atoms with Gasteiger partial charge in [-0.2, -0.15) is 0 Å². The normalized spacial score (nSPS) is 18.3. The summed E-state index contributed by atoms with van der Waals surface area (Å²) in [6.45, 7) is 9.64. The molecule has 0 amide bonds. The van der Waals surface area contributed by atoms with Crippen molar-refractivity contribution in [1.29, 1.82) is 0 Å². The fourth-order valence-corrected chi connectivity index (χ4v) is 3.94. The molecule has 2 unspecified atom stereocenters. The van der Waals surface area contributed by atoms with Gasteiger partial charge >= 0.3 is 0 Å². The molecular formula is C23H31BrClNO3. The van der Waals surface area contributed by atoms with Crippen molar-refractivity contribution in [1.82, 2.24) is 4.90 Å². The molecule has 29 heavy (non-hydrogen) atoms. The average Bonchev–Trinajstić information content (AvgIpc) is 2.67. The van der Waals surface area contributed by atoms with Gasteiger partial charge in [0.25, 0.3) is 0 Å². The Hall–Kier alpha value is -1.11. The first kappa shape index (κ1) is 24.2. The van der Waals surface area contributed by atoms with Crippen molar-refractivity contribution < 1.29 is 14.6 Å². The molecule has 0 saturated carbocycles. The molecule has 1 aliphatic rings. The summed E-state index contributed by atoms with van der Waals surface area (Å²) in [4.78, 5) is 2.25. The predicted octanol–water partition coefficient (Wildman–Crippen LogP) is 5.12. The van der Waals surface area contributed by atoms with E-state index in [1.54, 1.807) is 0 Å². The number of aliphatic hydroxyl groups is 1. The van der Waals surface area contributed by atoms with Crippen LogP contribution >= 0.6 is 28.3 Å². The van der Waals surface area contributed by atoms with Crippen molar-refractivity contribution in [2.45, 2.75) is 38.9 Å². The minimum Gasteiger partial charge on any atom is -0.491 e. The maximum Gasteiger partial charge on any atom is 0.119 e. The van der Waals surface area contributed by atoms with E-state index in [-0.39, 0.29) is 18.5 Å². The highest BCUT2D eigenvalue weighted by Crippen LogP contribution is 2.25. The topological polar surface area (TPSA) is 41.9 Å². The van der Waals surface area contributed by atoms with Gasteiger partial charge in [0.1, 0.15) is 18.5 Å². The third kappa shape index (κ3) is 6.97. The van der Waals surface area contributed by atoms with Crippen LogP contribution in [0.3, 0.4) is 0 Å². The number of aliphatic hydroxyl groups excluding tert-OH is 1. The molecule has 1 N–H and O–H groups in total. The molecule has 2 aromatic carbocycles. The maximum atomic E-state index is 10.5. The van der Waals surface area contributed by atoms with Gasteiger partial charge in [0.15, 0.2) is 0 Å².